The van der Waals surface area contributed by atoms with E-state index in [2.05, 4.69) is 20.5 Å². The van der Waals surface area contributed by atoms with Gasteiger partial charge in [0.05, 0.1) is 28.6 Å². The number of phenolic OH excluding ortho intramolecular Hbond substituents is 1. The Hall–Kier alpha value is -4.55. The summed E-state index contributed by atoms with van der Waals surface area (Å²) in [5.41, 5.74) is -0.359. The van der Waals surface area contributed by atoms with E-state index in [1.165, 1.54) is 7.11 Å². The van der Waals surface area contributed by atoms with Crippen LogP contribution in [0.15, 0.2) is 36.4 Å². The Morgan fingerprint density at radius 1 is 1.17 bits per heavy atom. The van der Waals surface area contributed by atoms with E-state index in [0.717, 1.165) is 6.07 Å². The molecule has 0 fully saturated rings. The summed E-state index contributed by atoms with van der Waals surface area (Å²) >= 11 is 0. The molecule has 0 amide bonds. The predicted molar refractivity (Wildman–Crippen MR) is 100 cm³/mol. The number of aromatic nitrogens is 3. The molecule has 13 heteroatoms. The molecule has 0 saturated heterocycles. The lowest BCUT2D eigenvalue weighted by atomic mass is 10.1. The molecule has 0 radical (unpaired) electrons. The fraction of sp³-hybridized carbons (Fsp3) is 0.118. The number of rotatable bonds is 4. The minimum Gasteiger partial charge on any atom is -0.502 e. The highest BCUT2D eigenvalue weighted by molar-refractivity contribution is 5.79. The summed E-state index contributed by atoms with van der Waals surface area (Å²) in [5, 5.41) is 43.8. The molecule has 3 aromatic rings. The number of aromatic hydroxyl groups is 1. The maximum atomic E-state index is 11.3. The van der Waals surface area contributed by atoms with Gasteiger partial charge in [0.15, 0.2) is 5.69 Å². The largest absolute Gasteiger partial charge is 0.502 e. The van der Waals surface area contributed by atoms with E-state index >= 15 is 0 Å². The minimum atomic E-state index is -1.27. The number of non-ortho nitro benzene ring substituents is 1. The first-order chi connectivity index (χ1) is 14.4. The smallest absolute Gasteiger partial charge is 0.338 e. The van der Waals surface area contributed by atoms with E-state index in [-0.39, 0.29) is 23.1 Å². The Balaban J connectivity index is 1.92. The lowest BCUT2D eigenvalue weighted by molar-refractivity contribution is -0.394. The van der Waals surface area contributed by atoms with Crippen molar-refractivity contribution in [2.75, 3.05) is 12.4 Å². The lowest BCUT2D eigenvalue weighted by Crippen LogP contribution is -2.18. The molecule has 30 heavy (non-hydrogen) atoms. The second-order valence-corrected chi connectivity index (χ2v) is 6.06. The van der Waals surface area contributed by atoms with Crippen molar-refractivity contribution in [1.82, 2.24) is 15.2 Å². The fourth-order valence-corrected chi connectivity index (χ4v) is 2.94. The summed E-state index contributed by atoms with van der Waals surface area (Å²) in [6, 6.07) is 8.41. The summed E-state index contributed by atoms with van der Waals surface area (Å²) < 4.78 is 10.8. The van der Waals surface area contributed by atoms with Crippen molar-refractivity contribution in [2.24, 2.45) is 0 Å². The summed E-state index contributed by atoms with van der Waals surface area (Å²) in [6.45, 7) is 0. The molecule has 1 aliphatic rings. The summed E-state index contributed by atoms with van der Waals surface area (Å²) in [4.78, 5) is 24.9. The highest BCUT2D eigenvalue weighted by Gasteiger charge is 2.33. The molecule has 2 heterocycles. The molecule has 0 bridgehead atoms. The van der Waals surface area contributed by atoms with Crippen molar-refractivity contribution in [3.8, 4) is 28.9 Å². The Morgan fingerprint density at radius 2 is 1.93 bits per heavy atom. The average molecular weight is 412 g/mol. The molecule has 152 valence electrons. The van der Waals surface area contributed by atoms with Crippen molar-refractivity contribution in [2.45, 2.75) is 6.23 Å². The van der Waals surface area contributed by atoms with E-state index < -0.39 is 33.2 Å². The Labute approximate surface area is 167 Å². The highest BCUT2D eigenvalue weighted by Crippen LogP contribution is 2.44. The topological polar surface area (TPSA) is 176 Å². The van der Waals surface area contributed by atoms with Crippen LogP contribution in [0.1, 0.15) is 11.8 Å². The van der Waals surface area contributed by atoms with Gasteiger partial charge in [0.25, 0.3) is 5.69 Å². The SMILES string of the molecule is COc1nnc2c(n1)OC(c1cc([N+](=O)[O-])cc([N+](=O)[O-])c1O)Nc1ccccc1-2. The average Bonchev–Trinajstić information content (AvgIpc) is 2.89. The van der Waals surface area contributed by atoms with Crippen LogP contribution in [-0.4, -0.2) is 37.2 Å². The molecule has 0 saturated carbocycles. The lowest BCUT2D eigenvalue weighted by Gasteiger charge is -2.20. The van der Waals surface area contributed by atoms with Crippen LogP contribution in [0.5, 0.6) is 17.6 Å². The standard InChI is InChI=1S/C17H12N6O7/c1-29-17-19-16-13(20-21-17)9-4-2-3-5-11(9)18-15(30-16)10-6-8(22(25)26)7-12(14(10)24)23(27)28/h2-7,15,18,24H,1H3. The van der Waals surface area contributed by atoms with Gasteiger partial charge in [0.1, 0.15) is 0 Å². The van der Waals surface area contributed by atoms with Crippen molar-refractivity contribution in [3.05, 3.63) is 62.2 Å². The second kappa shape index (κ2) is 7.12. The summed E-state index contributed by atoms with van der Waals surface area (Å²) in [5.74, 6) is -0.823. The molecule has 4 rings (SSSR count). The molecule has 2 aromatic carbocycles. The molecule has 2 N–H and O–H groups in total. The number of benzene rings is 2. The van der Waals surface area contributed by atoms with Crippen molar-refractivity contribution in [1.29, 1.82) is 0 Å². The van der Waals surface area contributed by atoms with Gasteiger partial charge < -0.3 is 19.9 Å². The zero-order valence-electron chi connectivity index (χ0n) is 15.2. The number of fused-ring (bicyclic) bond motifs is 3. The van der Waals surface area contributed by atoms with Crippen molar-refractivity contribution < 1.29 is 24.4 Å². The third kappa shape index (κ3) is 3.13. The number of ether oxygens (including phenoxy) is 2. The number of phenols is 1. The van der Waals surface area contributed by atoms with E-state index in [9.17, 15) is 25.3 Å². The van der Waals surface area contributed by atoms with Crippen LogP contribution in [0.25, 0.3) is 11.3 Å². The van der Waals surface area contributed by atoms with E-state index in [0.29, 0.717) is 17.3 Å². The van der Waals surface area contributed by atoms with Crippen LogP contribution in [0, 0.1) is 20.2 Å². The molecule has 1 aliphatic heterocycles. The van der Waals surface area contributed by atoms with E-state index in [4.69, 9.17) is 9.47 Å². The third-order valence-corrected chi connectivity index (χ3v) is 4.31. The van der Waals surface area contributed by atoms with Crippen LogP contribution in [0.4, 0.5) is 17.1 Å². The quantitative estimate of drug-likeness (QED) is 0.475. The fourth-order valence-electron chi connectivity index (χ4n) is 2.94. The Kier molecular flexibility index (Phi) is 4.46. The van der Waals surface area contributed by atoms with Gasteiger partial charge in [-0.25, -0.2) is 0 Å². The van der Waals surface area contributed by atoms with Crippen molar-refractivity contribution >= 4 is 17.1 Å². The van der Waals surface area contributed by atoms with Gasteiger partial charge in [0, 0.05) is 17.3 Å². The van der Waals surface area contributed by atoms with Crippen LogP contribution in [0.3, 0.4) is 0 Å². The molecule has 1 unspecified atom stereocenters. The highest BCUT2D eigenvalue weighted by atomic mass is 16.6. The summed E-state index contributed by atoms with van der Waals surface area (Å²) in [7, 11) is 1.33. The number of nitrogens with one attached hydrogen (secondary N) is 1. The van der Waals surface area contributed by atoms with Gasteiger partial charge in [-0.1, -0.05) is 23.3 Å². The number of nitrogens with zero attached hydrogens (tertiary/aromatic N) is 5. The normalized spacial score (nSPS) is 14.4. The van der Waals surface area contributed by atoms with Crippen LogP contribution >= 0.6 is 0 Å². The van der Waals surface area contributed by atoms with Crippen molar-refractivity contribution in [3.63, 3.8) is 0 Å². The monoisotopic (exact) mass is 412 g/mol. The zero-order valence-corrected chi connectivity index (χ0v) is 15.2. The molecule has 0 aliphatic carbocycles. The molecule has 0 spiro atoms. The van der Waals surface area contributed by atoms with Gasteiger partial charge in [-0.2, -0.15) is 4.98 Å². The number of hydrogen-bond donors (Lipinski definition) is 2. The third-order valence-electron chi connectivity index (χ3n) is 4.31. The number of anilines is 1. The number of hydrogen-bond acceptors (Lipinski definition) is 11. The number of nitro benzene ring substituents is 2. The van der Waals surface area contributed by atoms with Gasteiger partial charge in [-0.15, -0.1) is 5.10 Å². The first-order valence-electron chi connectivity index (χ1n) is 8.36. The number of para-hydroxylation sites is 1. The molecule has 1 atom stereocenters. The van der Waals surface area contributed by atoms with Gasteiger partial charge in [0.2, 0.25) is 17.9 Å². The van der Waals surface area contributed by atoms with Gasteiger partial charge >= 0.3 is 11.7 Å². The zero-order chi connectivity index (χ0) is 21.4. The molecular weight excluding hydrogens is 400 g/mol. The number of methoxy groups -OCH3 is 1. The molecule has 1 aromatic heterocycles. The van der Waals surface area contributed by atoms with E-state index in [1.54, 1.807) is 24.3 Å². The van der Waals surface area contributed by atoms with E-state index in [1.807, 2.05) is 0 Å². The Bertz CT molecular complexity index is 1190. The van der Waals surface area contributed by atoms with Crippen LogP contribution < -0.4 is 14.8 Å². The predicted octanol–water partition coefficient (Wildman–Crippen LogP) is 2.57. The summed E-state index contributed by atoms with van der Waals surface area (Å²) in [6.07, 6.45) is -1.27. The minimum absolute atomic E-state index is 0.0436. The second-order valence-electron chi connectivity index (χ2n) is 6.06. The van der Waals surface area contributed by atoms with Gasteiger partial charge in [-0.05, 0) is 6.07 Å². The first kappa shape index (κ1) is 18.8. The van der Waals surface area contributed by atoms with Crippen LogP contribution in [-0.2, 0) is 0 Å². The molecule has 13 nitrogen and oxygen atoms in total. The van der Waals surface area contributed by atoms with Crippen LogP contribution in [0.2, 0.25) is 0 Å². The maximum Gasteiger partial charge on any atom is 0.338 e. The maximum absolute atomic E-state index is 11.3. The Morgan fingerprint density at radius 3 is 2.63 bits per heavy atom. The molecular formula is C17H12N6O7. The number of nitro groups is 2. The van der Waals surface area contributed by atoms with Gasteiger partial charge in [-0.3, -0.25) is 20.2 Å². The first-order valence-corrected chi connectivity index (χ1v) is 8.36.